The maximum Gasteiger partial charge on any atom is 0.356 e. The average molecular weight is 371 g/mol. The highest BCUT2D eigenvalue weighted by Crippen LogP contribution is 2.13. The summed E-state index contributed by atoms with van der Waals surface area (Å²) in [6.07, 6.45) is 1.49. The Morgan fingerprint density at radius 2 is 2.04 bits per heavy atom. The van der Waals surface area contributed by atoms with E-state index in [4.69, 9.17) is 4.74 Å². The molecule has 0 saturated carbocycles. The Bertz CT molecular complexity index is 694. The van der Waals surface area contributed by atoms with Gasteiger partial charge in [0.15, 0.2) is 6.61 Å². The molecule has 1 fully saturated rings. The molecule has 1 heterocycles. The van der Waals surface area contributed by atoms with Crippen LogP contribution in [0.15, 0.2) is 30.3 Å². The largest absolute Gasteiger partial charge is 0.484 e. The molecule has 0 aromatic heterocycles. The first kappa shape index (κ1) is 19.2. The van der Waals surface area contributed by atoms with Gasteiger partial charge in [0.05, 0.1) is 6.54 Å². The number of unbranched alkanes of at least 4 members (excludes halogenated alkanes) is 1. The summed E-state index contributed by atoms with van der Waals surface area (Å²) >= 11 is 0. The van der Waals surface area contributed by atoms with Crippen LogP contribution in [-0.2, 0) is 24.2 Å². The van der Waals surface area contributed by atoms with E-state index in [1.165, 1.54) is 0 Å². The number of benzene rings is 1. The third-order valence-corrected chi connectivity index (χ3v) is 4.27. The molecule has 2 rings (SSSR count). The summed E-state index contributed by atoms with van der Waals surface area (Å²) in [5, 5.41) is 3.15. The van der Waals surface area contributed by atoms with Crippen molar-refractivity contribution in [3.8, 4) is 5.75 Å². The highest BCUT2D eigenvalue weighted by molar-refractivity contribution is 7.84. The van der Waals surface area contributed by atoms with Crippen molar-refractivity contribution >= 4 is 22.1 Å². The number of hydrogen-bond donors (Lipinski definition) is 2. The van der Waals surface area contributed by atoms with E-state index in [1.807, 2.05) is 13.0 Å². The van der Waals surface area contributed by atoms with Crippen LogP contribution in [0.25, 0.3) is 0 Å². The fourth-order valence-corrected chi connectivity index (χ4v) is 2.81. The number of hydroxylamine groups is 2. The van der Waals surface area contributed by atoms with Crippen LogP contribution in [0, 0.1) is 0 Å². The van der Waals surface area contributed by atoms with Crippen molar-refractivity contribution in [3.63, 3.8) is 0 Å². The van der Waals surface area contributed by atoms with Gasteiger partial charge in [-0.25, -0.2) is 0 Å². The standard InChI is InChI=1S/C15H21N3O6S/c1-2-3-9-16-25(21,22)24-18-10-13(15(18)20)17-14(19)11-23-12-7-5-4-6-8-12/h4-8,13,16H,2-3,9-11H2,1H3,(H,17,19)/t13-/m0/s1. The van der Waals surface area contributed by atoms with Crippen LogP contribution in [0.2, 0.25) is 0 Å². The Balaban J connectivity index is 1.70. The van der Waals surface area contributed by atoms with Crippen LogP contribution >= 0.6 is 0 Å². The molecule has 138 valence electrons. The summed E-state index contributed by atoms with van der Waals surface area (Å²) in [5.74, 6) is -0.577. The van der Waals surface area contributed by atoms with Crippen LogP contribution < -0.4 is 14.8 Å². The van der Waals surface area contributed by atoms with E-state index in [1.54, 1.807) is 24.3 Å². The second kappa shape index (κ2) is 8.79. The van der Waals surface area contributed by atoms with Crippen molar-refractivity contribution in [2.24, 2.45) is 0 Å². The minimum absolute atomic E-state index is 0.0510. The van der Waals surface area contributed by atoms with Gasteiger partial charge < -0.3 is 10.1 Å². The lowest BCUT2D eigenvalue weighted by Gasteiger charge is -2.35. The molecule has 9 nitrogen and oxygen atoms in total. The first-order valence-corrected chi connectivity index (χ1v) is 9.30. The number of rotatable bonds is 10. The molecule has 2 N–H and O–H groups in total. The second-order valence-electron chi connectivity index (χ2n) is 5.40. The number of nitrogens with zero attached hydrogens (tertiary/aromatic N) is 1. The molecule has 1 aliphatic rings. The Kier molecular flexibility index (Phi) is 6.73. The fraction of sp³-hybridized carbons (Fsp3) is 0.467. The minimum atomic E-state index is -4.03. The first-order chi connectivity index (χ1) is 11.9. The number of amides is 2. The van der Waals surface area contributed by atoms with Crippen molar-refractivity contribution < 1.29 is 27.0 Å². The van der Waals surface area contributed by atoms with Gasteiger partial charge in [0.1, 0.15) is 11.8 Å². The van der Waals surface area contributed by atoms with Gasteiger partial charge in [-0.3, -0.25) is 9.59 Å². The van der Waals surface area contributed by atoms with Gasteiger partial charge in [-0.2, -0.15) is 18.2 Å². The van der Waals surface area contributed by atoms with Gasteiger partial charge >= 0.3 is 10.3 Å². The van der Waals surface area contributed by atoms with E-state index >= 15 is 0 Å². The van der Waals surface area contributed by atoms with Gasteiger partial charge in [0.2, 0.25) is 0 Å². The number of β-lactam (4-membered cyclic amide) rings is 1. The number of para-hydroxylation sites is 1. The SMILES string of the molecule is CCCCNS(=O)(=O)ON1C[C@H](NC(=O)COc2ccccc2)C1=O. The van der Waals surface area contributed by atoms with Crippen LogP contribution in [-0.4, -0.2) is 51.0 Å². The summed E-state index contributed by atoms with van der Waals surface area (Å²) in [6, 6.07) is 7.94. The summed E-state index contributed by atoms with van der Waals surface area (Å²) in [5.41, 5.74) is 0. The van der Waals surface area contributed by atoms with Crippen molar-refractivity contribution in [2.75, 3.05) is 19.7 Å². The van der Waals surface area contributed by atoms with Gasteiger partial charge in [-0.1, -0.05) is 31.5 Å². The number of carbonyl (C=O) groups excluding carboxylic acids is 2. The first-order valence-electron chi connectivity index (χ1n) is 7.89. The lowest BCUT2D eigenvalue weighted by Crippen LogP contribution is -2.64. The molecule has 0 spiro atoms. The van der Waals surface area contributed by atoms with Gasteiger partial charge in [0.25, 0.3) is 11.8 Å². The predicted octanol–water partition coefficient (Wildman–Crippen LogP) is -0.0415. The molecule has 0 bridgehead atoms. The highest BCUT2D eigenvalue weighted by Gasteiger charge is 2.41. The highest BCUT2D eigenvalue weighted by atomic mass is 32.2. The topological polar surface area (TPSA) is 114 Å². The zero-order chi connectivity index (χ0) is 18.3. The number of ether oxygens (including phenoxy) is 1. The molecule has 0 aliphatic carbocycles. The number of carbonyl (C=O) groups is 2. The quantitative estimate of drug-likeness (QED) is 0.441. The average Bonchev–Trinajstić information content (AvgIpc) is 2.59. The molecule has 1 aromatic carbocycles. The fourth-order valence-electron chi connectivity index (χ4n) is 1.99. The van der Waals surface area contributed by atoms with Gasteiger partial charge in [-0.05, 0) is 18.6 Å². The lowest BCUT2D eigenvalue weighted by atomic mass is 10.1. The zero-order valence-corrected chi connectivity index (χ0v) is 14.6. The molecule has 0 radical (unpaired) electrons. The third-order valence-electron chi connectivity index (χ3n) is 3.34. The molecule has 1 aliphatic heterocycles. The Morgan fingerprint density at radius 3 is 2.68 bits per heavy atom. The summed E-state index contributed by atoms with van der Waals surface area (Å²) in [4.78, 5) is 23.6. The smallest absolute Gasteiger partial charge is 0.356 e. The van der Waals surface area contributed by atoms with Crippen molar-refractivity contribution in [1.82, 2.24) is 15.1 Å². The monoisotopic (exact) mass is 371 g/mol. The third kappa shape index (κ3) is 6.00. The molecule has 1 aromatic rings. The van der Waals surface area contributed by atoms with E-state index in [9.17, 15) is 18.0 Å². The van der Waals surface area contributed by atoms with Gasteiger partial charge in [-0.15, -0.1) is 4.28 Å². The number of hydrogen-bond acceptors (Lipinski definition) is 6. The van der Waals surface area contributed by atoms with Crippen LogP contribution in [0.4, 0.5) is 0 Å². The van der Waals surface area contributed by atoms with Crippen molar-refractivity contribution in [1.29, 1.82) is 0 Å². The van der Waals surface area contributed by atoms with E-state index in [0.29, 0.717) is 17.2 Å². The number of nitrogens with one attached hydrogen (secondary N) is 2. The van der Waals surface area contributed by atoms with Crippen molar-refractivity contribution in [2.45, 2.75) is 25.8 Å². The lowest BCUT2D eigenvalue weighted by molar-refractivity contribution is -0.180. The normalized spacial score (nSPS) is 17.1. The van der Waals surface area contributed by atoms with Crippen LogP contribution in [0.5, 0.6) is 5.75 Å². The van der Waals surface area contributed by atoms with E-state index in [-0.39, 0.29) is 19.7 Å². The molecule has 1 atom stereocenters. The van der Waals surface area contributed by atoms with Crippen LogP contribution in [0.1, 0.15) is 19.8 Å². The minimum Gasteiger partial charge on any atom is -0.484 e. The summed E-state index contributed by atoms with van der Waals surface area (Å²) in [6.45, 7) is 1.86. The summed E-state index contributed by atoms with van der Waals surface area (Å²) in [7, 11) is -4.03. The second-order valence-corrected chi connectivity index (χ2v) is 6.74. The van der Waals surface area contributed by atoms with Crippen molar-refractivity contribution in [3.05, 3.63) is 30.3 Å². The maximum absolute atomic E-state index is 11.8. The molecular formula is C15H21N3O6S. The maximum atomic E-state index is 11.8. The van der Waals surface area contributed by atoms with E-state index in [2.05, 4.69) is 14.3 Å². The molecule has 2 amide bonds. The molecule has 25 heavy (non-hydrogen) atoms. The molecule has 10 heteroatoms. The van der Waals surface area contributed by atoms with Crippen LogP contribution in [0.3, 0.4) is 0 Å². The molecular weight excluding hydrogens is 350 g/mol. The Labute approximate surface area is 146 Å². The van der Waals surface area contributed by atoms with Gasteiger partial charge in [0, 0.05) is 6.54 Å². The predicted molar refractivity (Wildman–Crippen MR) is 88.5 cm³/mol. The Morgan fingerprint density at radius 1 is 1.32 bits per heavy atom. The van der Waals surface area contributed by atoms with E-state index in [0.717, 1.165) is 6.42 Å². The van der Waals surface area contributed by atoms with E-state index < -0.39 is 28.2 Å². The summed E-state index contributed by atoms with van der Waals surface area (Å²) < 4.78 is 35.3. The molecule has 1 saturated heterocycles. The molecule has 0 unspecified atom stereocenters. The Hall–Kier alpha value is -2.17. The zero-order valence-electron chi connectivity index (χ0n) is 13.8.